The third-order valence-electron chi connectivity index (χ3n) is 10.7. The van der Waals surface area contributed by atoms with Crippen LogP contribution in [0.1, 0.15) is 64.7 Å². The van der Waals surface area contributed by atoms with Crippen molar-refractivity contribution in [1.82, 2.24) is 15.0 Å². The Balaban J connectivity index is 1.17. The Morgan fingerprint density at radius 3 is 2.80 bits per heavy atom. The van der Waals surface area contributed by atoms with Gasteiger partial charge in [0.1, 0.15) is 17.9 Å². The van der Waals surface area contributed by atoms with E-state index in [0.29, 0.717) is 41.3 Å². The molecule has 6 nitrogen and oxygen atoms in total. The number of fused-ring (bicyclic) bond motifs is 6. The highest BCUT2D eigenvalue weighted by Crippen LogP contribution is 2.64. The van der Waals surface area contributed by atoms with Gasteiger partial charge in [-0.1, -0.05) is 12.1 Å². The molecule has 35 heavy (non-hydrogen) atoms. The van der Waals surface area contributed by atoms with Gasteiger partial charge in [0.25, 0.3) is 0 Å². The Morgan fingerprint density at radius 2 is 1.97 bits per heavy atom. The van der Waals surface area contributed by atoms with Gasteiger partial charge in [-0.05, 0) is 105 Å². The number of carbonyl (C=O) groups is 1. The topological polar surface area (TPSA) is 77.2 Å². The standard InChI is InChI=1S/C28H38FN3O3/c1-27-11-9-20-19-10-12-28(34,16-35-2)14-17(19)3-5-21(20)22(27)6-7-23(27)26(33)15-32-25-13-18(29)4-8-24(25)30-31-32/h4,8,13,17,19-23,34H,3,5-7,9-12,14-16H2,1-2H3/t17-,19-,20+,21+,22-,23+,27-,28+/m0/s1. The number of ketones is 1. The van der Waals surface area contributed by atoms with Crippen LogP contribution in [0.3, 0.4) is 0 Å². The number of Topliss-reactive ketones (excluding diaryl/α,β-unsaturated/α-hetero) is 1. The van der Waals surface area contributed by atoms with Crippen LogP contribution in [0.4, 0.5) is 4.39 Å². The van der Waals surface area contributed by atoms with Crippen molar-refractivity contribution in [2.24, 2.45) is 40.9 Å². The van der Waals surface area contributed by atoms with E-state index >= 15 is 0 Å². The van der Waals surface area contributed by atoms with Crippen LogP contribution in [0.5, 0.6) is 0 Å². The van der Waals surface area contributed by atoms with E-state index in [1.807, 2.05) is 0 Å². The average molecular weight is 484 g/mol. The lowest BCUT2D eigenvalue weighted by molar-refractivity contribution is -0.136. The predicted molar refractivity (Wildman–Crippen MR) is 130 cm³/mol. The van der Waals surface area contributed by atoms with E-state index in [4.69, 9.17) is 4.74 Å². The fourth-order valence-corrected chi connectivity index (χ4v) is 9.20. The number of halogens is 1. The second-order valence-electron chi connectivity index (χ2n) is 12.4. The van der Waals surface area contributed by atoms with Crippen LogP contribution >= 0.6 is 0 Å². The first kappa shape index (κ1) is 23.5. The summed E-state index contributed by atoms with van der Waals surface area (Å²) in [7, 11) is 1.68. The number of hydrogen-bond donors (Lipinski definition) is 1. The third kappa shape index (κ3) is 3.85. The molecule has 0 aliphatic heterocycles. The summed E-state index contributed by atoms with van der Waals surface area (Å²) in [5, 5.41) is 19.3. The van der Waals surface area contributed by atoms with Crippen LogP contribution in [-0.4, -0.2) is 45.2 Å². The number of aliphatic hydroxyl groups is 1. The first-order valence-corrected chi connectivity index (χ1v) is 13.5. The Bertz CT molecular complexity index is 1120. The first-order valence-electron chi connectivity index (χ1n) is 13.5. The van der Waals surface area contributed by atoms with Crippen LogP contribution in [-0.2, 0) is 16.1 Å². The highest BCUT2D eigenvalue weighted by atomic mass is 19.1. The van der Waals surface area contributed by atoms with Crippen molar-refractivity contribution in [3.8, 4) is 0 Å². The molecule has 4 aliphatic rings. The predicted octanol–water partition coefficient (Wildman–Crippen LogP) is 4.79. The van der Waals surface area contributed by atoms with E-state index in [-0.39, 0.29) is 29.5 Å². The van der Waals surface area contributed by atoms with Crippen molar-refractivity contribution in [1.29, 1.82) is 0 Å². The Kier molecular flexibility index (Phi) is 5.79. The Morgan fingerprint density at radius 1 is 1.14 bits per heavy atom. The molecule has 0 spiro atoms. The lowest BCUT2D eigenvalue weighted by atomic mass is 9.49. The molecular formula is C28H38FN3O3. The van der Waals surface area contributed by atoms with Crippen molar-refractivity contribution < 1.29 is 19.0 Å². The number of methoxy groups -OCH3 is 1. The Labute approximate surface area is 206 Å². The van der Waals surface area contributed by atoms with Gasteiger partial charge in [0, 0.05) is 19.1 Å². The average Bonchev–Trinajstić information content (AvgIpc) is 3.39. The van der Waals surface area contributed by atoms with Crippen molar-refractivity contribution in [2.75, 3.05) is 13.7 Å². The lowest BCUT2D eigenvalue weighted by Crippen LogP contribution is -2.52. The maximum atomic E-state index is 13.8. The number of aromatic nitrogens is 3. The minimum Gasteiger partial charge on any atom is -0.387 e. The molecule has 4 saturated carbocycles. The van der Waals surface area contributed by atoms with Crippen molar-refractivity contribution in [3.05, 3.63) is 24.0 Å². The van der Waals surface area contributed by atoms with Gasteiger partial charge in [0.15, 0.2) is 5.78 Å². The first-order chi connectivity index (χ1) is 16.8. The molecule has 0 unspecified atom stereocenters. The van der Waals surface area contributed by atoms with E-state index in [2.05, 4.69) is 17.2 Å². The molecular weight excluding hydrogens is 445 g/mol. The van der Waals surface area contributed by atoms with Gasteiger partial charge in [-0.2, -0.15) is 0 Å². The number of rotatable bonds is 5. The maximum Gasteiger partial charge on any atom is 0.157 e. The van der Waals surface area contributed by atoms with Gasteiger partial charge in [-0.15, -0.1) is 5.10 Å². The van der Waals surface area contributed by atoms with E-state index in [1.165, 1.54) is 31.4 Å². The van der Waals surface area contributed by atoms with Crippen LogP contribution < -0.4 is 0 Å². The fraction of sp³-hybridized carbons (Fsp3) is 0.750. The molecule has 1 N–H and O–H groups in total. The summed E-state index contributed by atoms with van der Waals surface area (Å²) in [6.07, 6.45) is 9.63. The van der Waals surface area contributed by atoms with Gasteiger partial charge in [-0.3, -0.25) is 4.79 Å². The molecule has 2 aromatic rings. The lowest BCUT2D eigenvalue weighted by Gasteiger charge is -2.57. The molecule has 7 heteroatoms. The van der Waals surface area contributed by atoms with E-state index in [1.54, 1.807) is 17.9 Å². The van der Waals surface area contributed by atoms with Crippen molar-refractivity contribution >= 4 is 16.8 Å². The highest BCUT2D eigenvalue weighted by Gasteiger charge is 2.59. The normalized spacial score (nSPS) is 40.8. The summed E-state index contributed by atoms with van der Waals surface area (Å²) in [6.45, 7) is 2.99. The SMILES string of the molecule is COC[C@@]1(O)CC[C@H]2[C@@H](CC[C@@H]3[C@@H]2CC[C@]2(C)[C@@H](C(=O)Cn4nnc5ccc(F)cc54)CC[C@@H]32)C1. The number of ether oxygens (including phenoxy) is 1. The molecule has 190 valence electrons. The van der Waals surface area contributed by atoms with Crippen LogP contribution in [0.25, 0.3) is 11.0 Å². The van der Waals surface area contributed by atoms with Gasteiger partial charge in [-0.25, -0.2) is 9.07 Å². The molecule has 1 aromatic carbocycles. The molecule has 4 fully saturated rings. The zero-order valence-electron chi connectivity index (χ0n) is 21.0. The quantitative estimate of drug-likeness (QED) is 0.662. The van der Waals surface area contributed by atoms with Gasteiger partial charge in [0.05, 0.1) is 17.7 Å². The van der Waals surface area contributed by atoms with Gasteiger partial charge in [0.2, 0.25) is 0 Å². The summed E-state index contributed by atoms with van der Waals surface area (Å²) in [5.41, 5.74) is 0.603. The molecule has 1 heterocycles. The molecule has 1 aromatic heterocycles. The zero-order chi connectivity index (χ0) is 24.4. The minimum atomic E-state index is -0.648. The van der Waals surface area contributed by atoms with Gasteiger partial charge >= 0.3 is 0 Å². The van der Waals surface area contributed by atoms with Gasteiger partial charge < -0.3 is 9.84 Å². The van der Waals surface area contributed by atoms with Crippen LogP contribution in [0.15, 0.2) is 18.2 Å². The van der Waals surface area contributed by atoms with Crippen LogP contribution in [0.2, 0.25) is 0 Å². The number of hydrogen-bond acceptors (Lipinski definition) is 5. The number of carbonyl (C=O) groups excluding carboxylic acids is 1. The fourth-order valence-electron chi connectivity index (χ4n) is 9.20. The molecule has 0 bridgehead atoms. The molecule has 0 radical (unpaired) electrons. The minimum absolute atomic E-state index is 0.0390. The molecule has 8 atom stereocenters. The third-order valence-corrected chi connectivity index (χ3v) is 10.7. The van der Waals surface area contributed by atoms with E-state index in [9.17, 15) is 14.3 Å². The van der Waals surface area contributed by atoms with Crippen molar-refractivity contribution in [3.63, 3.8) is 0 Å². The zero-order valence-corrected chi connectivity index (χ0v) is 21.0. The Hall–Kier alpha value is -1.86. The monoisotopic (exact) mass is 483 g/mol. The summed E-state index contributed by atoms with van der Waals surface area (Å²) in [4.78, 5) is 13.6. The summed E-state index contributed by atoms with van der Waals surface area (Å²) >= 11 is 0. The summed E-state index contributed by atoms with van der Waals surface area (Å²) in [6, 6.07) is 4.41. The molecule has 0 amide bonds. The number of benzene rings is 1. The maximum absolute atomic E-state index is 13.8. The second kappa shape index (κ2) is 8.62. The smallest absolute Gasteiger partial charge is 0.157 e. The van der Waals surface area contributed by atoms with E-state index < -0.39 is 5.60 Å². The largest absolute Gasteiger partial charge is 0.387 e. The second-order valence-corrected chi connectivity index (χ2v) is 12.4. The molecule has 4 aliphatic carbocycles. The summed E-state index contributed by atoms with van der Waals surface area (Å²) < 4.78 is 20.7. The molecule has 6 rings (SSSR count). The molecule has 0 saturated heterocycles. The van der Waals surface area contributed by atoms with E-state index in [0.717, 1.165) is 44.4 Å². The summed E-state index contributed by atoms with van der Waals surface area (Å²) in [5.74, 6) is 3.27. The van der Waals surface area contributed by atoms with Crippen LogP contribution in [0, 0.1) is 46.7 Å². The number of nitrogens with zero attached hydrogens (tertiary/aromatic N) is 3. The highest BCUT2D eigenvalue weighted by molar-refractivity contribution is 5.84. The van der Waals surface area contributed by atoms with Crippen molar-refractivity contribution in [2.45, 2.75) is 76.9 Å².